The smallest absolute Gasteiger partial charge is 0.0897 e. The first-order valence-electron chi connectivity index (χ1n) is 5.51. The van der Waals surface area contributed by atoms with Gasteiger partial charge in [0.1, 0.15) is 0 Å². The Hall–Kier alpha value is -1.72. The second-order valence-corrected chi connectivity index (χ2v) is 4.24. The van der Waals surface area contributed by atoms with Crippen LogP contribution in [0.5, 0.6) is 0 Å². The fourth-order valence-electron chi connectivity index (χ4n) is 2.04. The van der Waals surface area contributed by atoms with Gasteiger partial charge in [0.25, 0.3) is 0 Å². The molecule has 1 unspecified atom stereocenters. The molecule has 1 heterocycles. The van der Waals surface area contributed by atoms with Crippen LogP contribution in [0.25, 0.3) is 0 Å². The van der Waals surface area contributed by atoms with E-state index >= 15 is 0 Å². The molecule has 17 heavy (non-hydrogen) atoms. The Morgan fingerprint density at radius 1 is 1.35 bits per heavy atom. The molecular formula is C12H17N5. The molecule has 0 radical (unpaired) electrons. The lowest BCUT2D eigenvalue weighted by Gasteiger charge is -2.18. The lowest BCUT2D eigenvalue weighted by atomic mass is 9.98. The molecule has 5 nitrogen and oxygen atoms in total. The number of benzene rings is 1. The number of hydrogen-bond donors (Lipinski definition) is 2. The molecular weight excluding hydrogens is 214 g/mol. The van der Waals surface area contributed by atoms with E-state index in [1.807, 2.05) is 7.05 Å². The molecule has 2 rings (SSSR count). The first-order chi connectivity index (χ1) is 8.13. The molecule has 0 aliphatic heterocycles. The first-order valence-corrected chi connectivity index (χ1v) is 5.51. The highest BCUT2D eigenvalue weighted by molar-refractivity contribution is 5.36. The maximum Gasteiger partial charge on any atom is 0.0897 e. The predicted molar refractivity (Wildman–Crippen MR) is 66.1 cm³/mol. The second-order valence-electron chi connectivity index (χ2n) is 4.24. The van der Waals surface area contributed by atoms with Gasteiger partial charge >= 0.3 is 0 Å². The van der Waals surface area contributed by atoms with Crippen LogP contribution in [-0.2, 0) is 7.05 Å². The summed E-state index contributed by atoms with van der Waals surface area (Å²) in [5, 5.41) is 7.81. The molecule has 0 bridgehead atoms. The highest BCUT2D eigenvalue weighted by Gasteiger charge is 2.18. The third kappa shape index (κ3) is 2.20. The van der Waals surface area contributed by atoms with E-state index in [2.05, 4.69) is 47.8 Å². The van der Waals surface area contributed by atoms with E-state index in [0.717, 1.165) is 11.3 Å². The first kappa shape index (κ1) is 11.8. The SMILES string of the molecule is Cc1ccc(C(NN)c2cnnn2C)c(C)c1. The van der Waals surface area contributed by atoms with Crippen LogP contribution in [0, 0.1) is 13.8 Å². The van der Waals surface area contributed by atoms with Crippen molar-refractivity contribution in [1.29, 1.82) is 0 Å². The van der Waals surface area contributed by atoms with Crippen molar-refractivity contribution in [3.05, 3.63) is 46.8 Å². The summed E-state index contributed by atoms with van der Waals surface area (Å²) >= 11 is 0. The normalized spacial score (nSPS) is 12.7. The minimum Gasteiger partial charge on any atom is -0.271 e. The van der Waals surface area contributed by atoms with E-state index in [1.165, 1.54) is 11.1 Å². The van der Waals surface area contributed by atoms with Crippen LogP contribution in [0.1, 0.15) is 28.4 Å². The number of hydrogen-bond acceptors (Lipinski definition) is 4. The lowest BCUT2D eigenvalue weighted by molar-refractivity contribution is 0.568. The predicted octanol–water partition coefficient (Wildman–Crippen LogP) is 0.985. The summed E-state index contributed by atoms with van der Waals surface area (Å²) in [6.07, 6.45) is 1.73. The van der Waals surface area contributed by atoms with Gasteiger partial charge < -0.3 is 0 Å². The van der Waals surface area contributed by atoms with E-state index in [9.17, 15) is 0 Å². The molecule has 0 aliphatic carbocycles. The van der Waals surface area contributed by atoms with Crippen molar-refractivity contribution in [2.24, 2.45) is 12.9 Å². The van der Waals surface area contributed by atoms with Gasteiger partial charge in [-0.1, -0.05) is 29.0 Å². The summed E-state index contributed by atoms with van der Waals surface area (Å²) < 4.78 is 1.73. The van der Waals surface area contributed by atoms with E-state index in [-0.39, 0.29) is 6.04 Å². The average molecular weight is 231 g/mol. The van der Waals surface area contributed by atoms with E-state index in [0.29, 0.717) is 0 Å². The zero-order valence-corrected chi connectivity index (χ0v) is 10.3. The Kier molecular flexibility index (Phi) is 3.21. The maximum atomic E-state index is 5.65. The van der Waals surface area contributed by atoms with Gasteiger partial charge in [-0.2, -0.15) is 0 Å². The number of rotatable bonds is 3. The molecule has 0 aliphatic rings. The third-order valence-corrected chi connectivity index (χ3v) is 2.95. The van der Waals surface area contributed by atoms with Gasteiger partial charge in [0.05, 0.1) is 17.9 Å². The van der Waals surface area contributed by atoms with Crippen LogP contribution in [0.3, 0.4) is 0 Å². The van der Waals surface area contributed by atoms with Gasteiger partial charge in [0.2, 0.25) is 0 Å². The van der Waals surface area contributed by atoms with E-state index in [4.69, 9.17) is 5.84 Å². The number of hydrazine groups is 1. The highest BCUT2D eigenvalue weighted by atomic mass is 15.4. The molecule has 3 N–H and O–H groups in total. The van der Waals surface area contributed by atoms with E-state index < -0.39 is 0 Å². The summed E-state index contributed by atoms with van der Waals surface area (Å²) in [6.45, 7) is 4.16. The van der Waals surface area contributed by atoms with Crippen molar-refractivity contribution >= 4 is 0 Å². The Balaban J connectivity index is 2.46. The topological polar surface area (TPSA) is 68.8 Å². The number of aryl methyl sites for hydroxylation is 3. The van der Waals surface area contributed by atoms with Crippen molar-refractivity contribution in [2.45, 2.75) is 19.9 Å². The largest absolute Gasteiger partial charge is 0.271 e. The third-order valence-electron chi connectivity index (χ3n) is 2.95. The molecule has 0 fully saturated rings. The zero-order chi connectivity index (χ0) is 12.4. The molecule has 0 amide bonds. The Morgan fingerprint density at radius 3 is 2.65 bits per heavy atom. The van der Waals surface area contributed by atoms with Crippen molar-refractivity contribution < 1.29 is 0 Å². The van der Waals surface area contributed by atoms with Crippen LogP contribution in [-0.4, -0.2) is 15.0 Å². The molecule has 0 spiro atoms. The van der Waals surface area contributed by atoms with Crippen LogP contribution in [0.4, 0.5) is 0 Å². The number of nitrogens with one attached hydrogen (secondary N) is 1. The van der Waals surface area contributed by atoms with E-state index in [1.54, 1.807) is 10.9 Å². The zero-order valence-electron chi connectivity index (χ0n) is 10.3. The maximum absolute atomic E-state index is 5.65. The number of nitrogens with zero attached hydrogens (tertiary/aromatic N) is 3. The quantitative estimate of drug-likeness (QED) is 0.610. The van der Waals surface area contributed by atoms with Gasteiger partial charge in [-0.25, -0.2) is 5.43 Å². The van der Waals surface area contributed by atoms with Crippen LogP contribution >= 0.6 is 0 Å². The van der Waals surface area contributed by atoms with Crippen molar-refractivity contribution in [1.82, 2.24) is 20.4 Å². The minimum absolute atomic E-state index is 0.0874. The number of aromatic nitrogens is 3. The van der Waals surface area contributed by atoms with Gasteiger partial charge in [-0.3, -0.25) is 10.5 Å². The second kappa shape index (κ2) is 4.65. The average Bonchev–Trinajstić information content (AvgIpc) is 2.69. The summed E-state index contributed by atoms with van der Waals surface area (Å²) in [6, 6.07) is 6.22. The molecule has 0 saturated carbocycles. The Labute approximate surface area is 101 Å². The molecule has 1 aromatic heterocycles. The van der Waals surface area contributed by atoms with Gasteiger partial charge in [0, 0.05) is 7.05 Å². The summed E-state index contributed by atoms with van der Waals surface area (Å²) in [5.41, 5.74) is 7.35. The fraction of sp³-hybridized carbons (Fsp3) is 0.333. The summed E-state index contributed by atoms with van der Waals surface area (Å²) in [4.78, 5) is 0. The molecule has 0 saturated heterocycles. The monoisotopic (exact) mass is 231 g/mol. The molecule has 1 atom stereocenters. The number of nitrogens with two attached hydrogens (primary N) is 1. The molecule has 2 aromatic rings. The fourth-order valence-corrected chi connectivity index (χ4v) is 2.04. The molecule has 5 heteroatoms. The van der Waals surface area contributed by atoms with Gasteiger partial charge in [-0.15, -0.1) is 5.10 Å². The minimum atomic E-state index is -0.0874. The lowest BCUT2D eigenvalue weighted by Crippen LogP contribution is -2.30. The Morgan fingerprint density at radius 2 is 2.12 bits per heavy atom. The van der Waals surface area contributed by atoms with Crippen molar-refractivity contribution in [3.63, 3.8) is 0 Å². The van der Waals surface area contributed by atoms with Crippen LogP contribution in [0.2, 0.25) is 0 Å². The standard InChI is InChI=1S/C12H17N5/c1-8-4-5-10(9(2)6-8)12(15-13)11-7-14-16-17(11)3/h4-7,12,15H,13H2,1-3H3. The summed E-state index contributed by atoms with van der Waals surface area (Å²) in [5.74, 6) is 5.65. The van der Waals surface area contributed by atoms with Crippen molar-refractivity contribution in [3.8, 4) is 0 Å². The van der Waals surface area contributed by atoms with Crippen LogP contribution < -0.4 is 11.3 Å². The highest BCUT2D eigenvalue weighted by Crippen LogP contribution is 2.23. The van der Waals surface area contributed by atoms with Crippen molar-refractivity contribution in [2.75, 3.05) is 0 Å². The molecule has 1 aromatic carbocycles. The molecule has 90 valence electrons. The van der Waals surface area contributed by atoms with Gasteiger partial charge in [-0.05, 0) is 25.0 Å². The Bertz CT molecular complexity index is 517. The summed E-state index contributed by atoms with van der Waals surface area (Å²) in [7, 11) is 1.86. The van der Waals surface area contributed by atoms with Crippen LogP contribution in [0.15, 0.2) is 24.4 Å². The van der Waals surface area contributed by atoms with Gasteiger partial charge in [0.15, 0.2) is 0 Å².